The lowest BCUT2D eigenvalue weighted by Crippen LogP contribution is -2.30. The normalized spacial score (nSPS) is 18.8. The summed E-state index contributed by atoms with van der Waals surface area (Å²) in [7, 11) is 3.66. The van der Waals surface area contributed by atoms with Crippen LogP contribution in [0.15, 0.2) is 6.07 Å². The number of nitrogens with one attached hydrogen (secondary N) is 2. The fourth-order valence-electron chi connectivity index (χ4n) is 5.97. The Labute approximate surface area is 195 Å². The van der Waals surface area contributed by atoms with Gasteiger partial charge in [-0.1, -0.05) is 13.3 Å². The molecule has 4 rings (SSSR count). The molecule has 0 saturated carbocycles. The van der Waals surface area contributed by atoms with Crippen molar-refractivity contribution < 1.29 is 18.7 Å². The molecule has 2 amide bonds. The van der Waals surface area contributed by atoms with E-state index in [0.29, 0.717) is 29.4 Å². The van der Waals surface area contributed by atoms with Crippen LogP contribution in [0.4, 0.5) is 4.39 Å². The molecule has 0 radical (unpaired) electrons. The first-order valence-electron chi connectivity index (χ1n) is 12.3. The van der Waals surface area contributed by atoms with Gasteiger partial charge in [0.2, 0.25) is 0 Å². The van der Waals surface area contributed by atoms with Crippen LogP contribution in [0, 0.1) is 11.8 Å². The fraction of sp³-hybridized carbons (Fsp3) is 0.615. The second-order valence-corrected chi connectivity index (χ2v) is 9.38. The summed E-state index contributed by atoms with van der Waals surface area (Å²) < 4.78 is 20.6. The lowest BCUT2D eigenvalue weighted by molar-refractivity contribution is 0.0439. The molecule has 1 aromatic heterocycles. The smallest absolute Gasteiger partial charge is 0.252 e. The van der Waals surface area contributed by atoms with E-state index in [1.54, 1.807) is 7.05 Å². The average molecular weight is 458 g/mol. The minimum atomic E-state index is -0.640. The van der Waals surface area contributed by atoms with E-state index in [9.17, 15) is 14.0 Å². The number of rotatable bonds is 7. The standard InChI is InChI=1S/C26H36FN3O3/c1-4-5-18-23(26(32)29-11-10-27)21(25(31)28-2)15-20-19-14-17(16-8-12-33-13-9-16)6-7-22(19)30(3)24(18)20/h15-17H,4-14H2,1-3H3,(H,28,31)(H,29,32). The number of hydrogen-bond donors (Lipinski definition) is 2. The molecule has 1 fully saturated rings. The Balaban J connectivity index is 1.88. The van der Waals surface area contributed by atoms with Gasteiger partial charge in [-0.25, -0.2) is 4.39 Å². The number of aromatic nitrogens is 1. The number of aryl methyl sites for hydroxylation is 2. The lowest BCUT2D eigenvalue weighted by Gasteiger charge is -2.33. The zero-order valence-corrected chi connectivity index (χ0v) is 20.1. The predicted molar refractivity (Wildman–Crippen MR) is 128 cm³/mol. The maximum Gasteiger partial charge on any atom is 0.252 e. The van der Waals surface area contributed by atoms with Crippen LogP contribution in [0.5, 0.6) is 0 Å². The second kappa shape index (κ2) is 10.2. The van der Waals surface area contributed by atoms with Crippen molar-refractivity contribution in [1.29, 1.82) is 0 Å². The first-order valence-corrected chi connectivity index (χ1v) is 12.3. The Morgan fingerprint density at radius 2 is 1.94 bits per heavy atom. The highest BCUT2D eigenvalue weighted by atomic mass is 19.1. The third kappa shape index (κ3) is 4.39. The molecule has 6 nitrogen and oxygen atoms in total. The number of carbonyl (C=O) groups excluding carboxylic acids is 2. The van der Waals surface area contributed by atoms with Gasteiger partial charge in [0, 0.05) is 44.9 Å². The topological polar surface area (TPSA) is 72.4 Å². The highest BCUT2D eigenvalue weighted by molar-refractivity contribution is 6.12. The second-order valence-electron chi connectivity index (χ2n) is 9.38. The summed E-state index contributed by atoms with van der Waals surface area (Å²) in [5, 5.41) is 6.44. The van der Waals surface area contributed by atoms with Gasteiger partial charge in [-0.3, -0.25) is 9.59 Å². The van der Waals surface area contributed by atoms with Crippen molar-refractivity contribution in [3.63, 3.8) is 0 Å². The van der Waals surface area contributed by atoms with Gasteiger partial charge in [-0.2, -0.15) is 0 Å². The Morgan fingerprint density at radius 3 is 2.61 bits per heavy atom. The maximum atomic E-state index is 13.1. The van der Waals surface area contributed by atoms with Crippen molar-refractivity contribution in [2.75, 3.05) is 33.5 Å². The van der Waals surface area contributed by atoms with Crippen molar-refractivity contribution in [2.24, 2.45) is 18.9 Å². The molecule has 0 bridgehead atoms. The van der Waals surface area contributed by atoms with Crippen LogP contribution < -0.4 is 10.6 Å². The molecule has 180 valence electrons. The molecule has 1 atom stereocenters. The molecular formula is C26H36FN3O3. The summed E-state index contributed by atoms with van der Waals surface area (Å²) in [5.41, 5.74) is 5.35. The Bertz CT molecular complexity index is 1040. The minimum absolute atomic E-state index is 0.0635. The summed E-state index contributed by atoms with van der Waals surface area (Å²) in [6, 6.07) is 1.91. The molecular weight excluding hydrogens is 421 g/mol. The number of fused-ring (bicyclic) bond motifs is 3. The molecule has 1 aromatic carbocycles. The summed E-state index contributed by atoms with van der Waals surface area (Å²) in [6.45, 7) is 3.07. The molecule has 0 spiro atoms. The number of hydrogen-bond acceptors (Lipinski definition) is 3. The third-order valence-corrected chi connectivity index (χ3v) is 7.54. The Kier molecular flexibility index (Phi) is 7.37. The highest BCUT2D eigenvalue weighted by Gasteiger charge is 2.33. The maximum absolute atomic E-state index is 13.1. The van der Waals surface area contributed by atoms with Gasteiger partial charge in [0.1, 0.15) is 6.67 Å². The molecule has 7 heteroatoms. The molecule has 1 unspecified atom stereocenters. The number of ether oxygens (including phenoxy) is 1. The van der Waals surface area contributed by atoms with Crippen LogP contribution in [0.25, 0.3) is 10.9 Å². The zero-order valence-electron chi connectivity index (χ0n) is 20.1. The summed E-state index contributed by atoms with van der Waals surface area (Å²) >= 11 is 0. The van der Waals surface area contributed by atoms with Crippen LogP contribution in [0.2, 0.25) is 0 Å². The van der Waals surface area contributed by atoms with E-state index in [4.69, 9.17) is 4.74 Å². The van der Waals surface area contributed by atoms with Crippen LogP contribution in [-0.4, -0.2) is 49.9 Å². The summed E-state index contributed by atoms with van der Waals surface area (Å²) in [5.74, 6) is 0.643. The monoisotopic (exact) mass is 457 g/mol. The highest BCUT2D eigenvalue weighted by Crippen LogP contribution is 2.41. The molecule has 2 aromatic rings. The van der Waals surface area contributed by atoms with Gasteiger partial charge in [-0.15, -0.1) is 0 Å². The van der Waals surface area contributed by atoms with Crippen LogP contribution >= 0.6 is 0 Å². The molecule has 1 aliphatic carbocycles. The van der Waals surface area contributed by atoms with Gasteiger partial charge in [0.25, 0.3) is 11.8 Å². The number of nitrogens with zero attached hydrogens (tertiary/aromatic N) is 1. The third-order valence-electron chi connectivity index (χ3n) is 7.54. The van der Waals surface area contributed by atoms with E-state index in [1.165, 1.54) is 11.3 Å². The summed E-state index contributed by atoms with van der Waals surface area (Å²) in [6.07, 6.45) is 6.94. The number of benzene rings is 1. The zero-order chi connectivity index (χ0) is 23.5. The SMILES string of the molecule is CCCc1c(C(=O)NCCF)c(C(=O)NC)cc2c3c(n(C)c12)CCC(C1CCOCC1)C3. The molecule has 2 N–H and O–H groups in total. The Morgan fingerprint density at radius 1 is 1.18 bits per heavy atom. The first-order chi connectivity index (χ1) is 16.0. The molecule has 2 heterocycles. The quantitative estimate of drug-likeness (QED) is 0.666. The Hall–Kier alpha value is -2.41. The van der Waals surface area contributed by atoms with Crippen molar-refractivity contribution >= 4 is 22.7 Å². The average Bonchev–Trinajstić information content (AvgIpc) is 3.13. The van der Waals surface area contributed by atoms with Gasteiger partial charge < -0.3 is 19.9 Å². The number of carbonyl (C=O) groups is 2. The van der Waals surface area contributed by atoms with Gasteiger partial charge in [-0.05, 0) is 67.6 Å². The van der Waals surface area contributed by atoms with E-state index in [0.717, 1.165) is 68.2 Å². The molecule has 1 aliphatic heterocycles. The molecule has 33 heavy (non-hydrogen) atoms. The van der Waals surface area contributed by atoms with Crippen molar-refractivity contribution in [1.82, 2.24) is 15.2 Å². The van der Waals surface area contributed by atoms with Crippen LogP contribution in [0.3, 0.4) is 0 Å². The van der Waals surface area contributed by atoms with Crippen LogP contribution in [-0.2, 0) is 31.0 Å². The lowest BCUT2D eigenvalue weighted by atomic mass is 9.75. The van der Waals surface area contributed by atoms with Crippen LogP contribution in [0.1, 0.15) is 70.1 Å². The van der Waals surface area contributed by atoms with Crippen molar-refractivity contribution in [3.8, 4) is 0 Å². The largest absolute Gasteiger partial charge is 0.381 e. The van der Waals surface area contributed by atoms with E-state index >= 15 is 0 Å². The van der Waals surface area contributed by atoms with Gasteiger partial charge in [0.05, 0.1) is 16.6 Å². The van der Waals surface area contributed by atoms with E-state index in [1.807, 2.05) is 6.07 Å². The van der Waals surface area contributed by atoms with E-state index in [-0.39, 0.29) is 18.4 Å². The van der Waals surface area contributed by atoms with Crippen molar-refractivity contribution in [3.05, 3.63) is 34.0 Å². The number of alkyl halides is 1. The number of amides is 2. The minimum Gasteiger partial charge on any atom is -0.381 e. The fourth-order valence-corrected chi connectivity index (χ4v) is 5.97. The molecule has 1 saturated heterocycles. The molecule has 2 aliphatic rings. The van der Waals surface area contributed by atoms with Gasteiger partial charge >= 0.3 is 0 Å². The predicted octanol–water partition coefficient (Wildman–Crippen LogP) is 3.72. The van der Waals surface area contributed by atoms with E-state index in [2.05, 4.69) is 29.2 Å². The summed E-state index contributed by atoms with van der Waals surface area (Å²) in [4.78, 5) is 26.0. The van der Waals surface area contributed by atoms with Gasteiger partial charge in [0.15, 0.2) is 0 Å². The first kappa shape index (κ1) is 23.7. The number of halogens is 1. The van der Waals surface area contributed by atoms with E-state index < -0.39 is 6.67 Å². The van der Waals surface area contributed by atoms with Crippen molar-refractivity contribution in [2.45, 2.75) is 51.9 Å².